The molecule has 0 aromatic heterocycles. The maximum absolute atomic E-state index is 5.90. The maximum atomic E-state index is 5.90. The minimum absolute atomic E-state index is 0.00311. The van der Waals surface area contributed by atoms with Crippen molar-refractivity contribution < 1.29 is 14.5 Å². The van der Waals surface area contributed by atoms with E-state index in [-0.39, 0.29) is 33.2 Å². The first kappa shape index (κ1) is 39.1. The second-order valence-electron chi connectivity index (χ2n) is 18.3. The molecule has 266 valence electrons. The van der Waals surface area contributed by atoms with Gasteiger partial charge in [0.25, 0.3) is 0 Å². The summed E-state index contributed by atoms with van der Waals surface area (Å²) in [7, 11) is 5.44. The summed E-state index contributed by atoms with van der Waals surface area (Å²) in [5, 5.41) is 18.7. The van der Waals surface area contributed by atoms with Gasteiger partial charge in [0.05, 0.1) is 21.3 Å². The molecule has 45 heavy (non-hydrogen) atoms. The van der Waals surface area contributed by atoms with E-state index in [1.54, 1.807) is 0 Å². The average Bonchev–Trinajstić information content (AvgIpc) is 2.82. The van der Waals surface area contributed by atoms with E-state index in [2.05, 4.69) is 114 Å². The highest BCUT2D eigenvalue weighted by atomic mass is 16.7. The van der Waals surface area contributed by atoms with Gasteiger partial charge in [0.15, 0.2) is 0 Å². The monoisotopic (exact) mass is 639 g/mol. The van der Waals surface area contributed by atoms with Crippen LogP contribution in [0.2, 0.25) is 0 Å². The smallest absolute Gasteiger partial charge is 0.0575 e. The zero-order valence-corrected chi connectivity index (χ0v) is 32.2. The van der Waals surface area contributed by atoms with E-state index in [4.69, 9.17) is 14.5 Å². The molecule has 1 atom stereocenters. The van der Waals surface area contributed by atoms with Crippen LogP contribution >= 0.6 is 0 Å². The van der Waals surface area contributed by atoms with Crippen LogP contribution in [0.15, 0.2) is 0 Å². The van der Waals surface area contributed by atoms with Crippen LogP contribution in [0.4, 0.5) is 0 Å². The van der Waals surface area contributed by atoms with Crippen molar-refractivity contribution >= 4 is 0 Å². The van der Waals surface area contributed by atoms with Crippen LogP contribution in [0, 0.1) is 0 Å². The van der Waals surface area contributed by atoms with E-state index in [0.717, 1.165) is 58.0 Å². The van der Waals surface area contributed by atoms with Gasteiger partial charge in [-0.15, -0.1) is 0 Å². The molecule has 0 aliphatic carbocycles. The fourth-order valence-corrected chi connectivity index (χ4v) is 10.4. The van der Waals surface area contributed by atoms with E-state index in [9.17, 15) is 0 Å². The molecule has 3 saturated heterocycles. The van der Waals surface area contributed by atoms with Crippen molar-refractivity contribution in [3.05, 3.63) is 0 Å². The van der Waals surface area contributed by atoms with Crippen LogP contribution in [-0.2, 0) is 14.5 Å². The molecule has 0 spiro atoms. The van der Waals surface area contributed by atoms with Crippen molar-refractivity contribution in [2.75, 3.05) is 34.4 Å². The fourth-order valence-electron chi connectivity index (χ4n) is 10.4. The first-order valence-corrected chi connectivity index (χ1v) is 17.9. The summed E-state index contributed by atoms with van der Waals surface area (Å²) in [6, 6.07) is 1.91. The molecule has 0 radical (unpaired) electrons. The van der Waals surface area contributed by atoms with E-state index < -0.39 is 0 Å². The predicted octanol–water partition coefficient (Wildman–Crippen LogP) is 6.04. The molecule has 3 rings (SSSR count). The lowest BCUT2D eigenvalue weighted by Crippen LogP contribution is -2.64. The standard InChI is InChI=1S/C36H74N6O3/c1-31(2)21-28(22-32(3,4)40(31)43-13)37-19-16-17-27(39-30-25-35(9,10)42(45-15)36(11,12)26-30)18-20-38-29-23-33(5,6)41(44-14)34(7,8)24-29/h27-30,37-39H,16-26H2,1-15H3. The van der Waals surface area contributed by atoms with Crippen LogP contribution in [0.25, 0.3) is 0 Å². The summed E-state index contributed by atoms with van der Waals surface area (Å²) in [5.74, 6) is 0. The maximum Gasteiger partial charge on any atom is 0.0575 e. The van der Waals surface area contributed by atoms with Crippen molar-refractivity contribution in [1.82, 2.24) is 31.1 Å². The Bertz CT molecular complexity index is 882. The number of nitrogens with one attached hydrogen (secondary N) is 3. The van der Waals surface area contributed by atoms with Gasteiger partial charge in [0.2, 0.25) is 0 Å². The zero-order valence-electron chi connectivity index (χ0n) is 32.2. The Kier molecular flexibility index (Phi) is 12.7. The summed E-state index contributed by atoms with van der Waals surface area (Å²) in [6.45, 7) is 29.8. The lowest BCUT2D eigenvalue weighted by molar-refractivity contribution is -0.268. The Morgan fingerprint density at radius 1 is 0.489 bits per heavy atom. The Morgan fingerprint density at radius 2 is 0.800 bits per heavy atom. The third-order valence-corrected chi connectivity index (χ3v) is 10.9. The molecule has 9 heteroatoms. The van der Waals surface area contributed by atoms with Gasteiger partial charge in [-0.05, 0) is 154 Å². The molecule has 0 aromatic rings. The van der Waals surface area contributed by atoms with Crippen LogP contribution in [-0.4, -0.2) is 107 Å². The van der Waals surface area contributed by atoms with Crippen LogP contribution in [0.5, 0.6) is 0 Å². The Morgan fingerprint density at radius 3 is 1.13 bits per heavy atom. The molecule has 0 aromatic carbocycles. The Labute approximate surface area is 278 Å². The van der Waals surface area contributed by atoms with Crippen molar-refractivity contribution in [3.8, 4) is 0 Å². The van der Waals surface area contributed by atoms with Gasteiger partial charge in [-0.2, -0.15) is 15.2 Å². The highest BCUT2D eigenvalue weighted by Crippen LogP contribution is 2.40. The number of rotatable bonds is 14. The van der Waals surface area contributed by atoms with Crippen molar-refractivity contribution in [3.63, 3.8) is 0 Å². The number of hydrogen-bond acceptors (Lipinski definition) is 9. The van der Waals surface area contributed by atoms with Gasteiger partial charge < -0.3 is 30.5 Å². The van der Waals surface area contributed by atoms with Gasteiger partial charge in [-0.3, -0.25) is 0 Å². The Hall–Kier alpha value is -0.360. The molecular weight excluding hydrogens is 564 g/mol. The van der Waals surface area contributed by atoms with Crippen LogP contribution in [0.1, 0.15) is 141 Å². The minimum atomic E-state index is -0.0261. The lowest BCUT2D eigenvalue weighted by Gasteiger charge is -2.54. The van der Waals surface area contributed by atoms with Gasteiger partial charge >= 0.3 is 0 Å². The minimum Gasteiger partial charge on any atom is -0.314 e. The summed E-state index contributed by atoms with van der Waals surface area (Å²) in [4.78, 5) is 17.6. The summed E-state index contributed by atoms with van der Waals surface area (Å²) >= 11 is 0. The van der Waals surface area contributed by atoms with Crippen LogP contribution in [0.3, 0.4) is 0 Å². The predicted molar refractivity (Wildman–Crippen MR) is 187 cm³/mol. The molecule has 0 bridgehead atoms. The quantitative estimate of drug-likeness (QED) is 0.198. The zero-order chi connectivity index (χ0) is 34.1. The third-order valence-electron chi connectivity index (χ3n) is 10.9. The molecule has 0 amide bonds. The molecule has 3 aliphatic rings. The molecular formula is C36H74N6O3. The van der Waals surface area contributed by atoms with Gasteiger partial charge in [-0.25, -0.2) is 0 Å². The largest absolute Gasteiger partial charge is 0.314 e. The van der Waals surface area contributed by atoms with Crippen molar-refractivity contribution in [2.24, 2.45) is 0 Å². The summed E-state index contributed by atoms with van der Waals surface area (Å²) in [5.41, 5.74) is -0.0609. The summed E-state index contributed by atoms with van der Waals surface area (Å²) in [6.07, 6.45) is 9.96. The first-order chi connectivity index (χ1) is 20.6. The third kappa shape index (κ3) is 9.63. The van der Waals surface area contributed by atoms with Gasteiger partial charge in [0.1, 0.15) is 0 Å². The SMILES string of the molecule is CON1C(C)(C)CC(NCCCC(CCNC2CC(C)(C)N(OC)C(C)(C)C2)NC2CC(C)(C)N(OC)C(C)(C)C2)CC1(C)C. The molecule has 1 unspecified atom stereocenters. The fraction of sp³-hybridized carbons (Fsp3) is 1.00. The number of hydrogen-bond donors (Lipinski definition) is 3. The number of piperidine rings is 3. The van der Waals surface area contributed by atoms with Crippen LogP contribution < -0.4 is 16.0 Å². The van der Waals surface area contributed by atoms with Gasteiger partial charge in [-0.1, -0.05) is 0 Å². The molecule has 3 N–H and O–H groups in total. The highest BCUT2D eigenvalue weighted by molar-refractivity contribution is 5.02. The molecule has 0 saturated carbocycles. The van der Waals surface area contributed by atoms with Crippen molar-refractivity contribution in [1.29, 1.82) is 0 Å². The van der Waals surface area contributed by atoms with E-state index in [0.29, 0.717) is 24.2 Å². The van der Waals surface area contributed by atoms with E-state index in [1.165, 1.54) is 12.8 Å². The average molecular weight is 639 g/mol. The van der Waals surface area contributed by atoms with Crippen molar-refractivity contribution in [2.45, 2.75) is 198 Å². The van der Waals surface area contributed by atoms with E-state index >= 15 is 0 Å². The molecule has 9 nitrogen and oxygen atoms in total. The second kappa shape index (κ2) is 14.6. The normalized spacial score (nSPS) is 28.3. The molecule has 3 heterocycles. The number of hydroxylamine groups is 6. The first-order valence-electron chi connectivity index (χ1n) is 17.9. The second-order valence-corrected chi connectivity index (χ2v) is 18.3. The lowest BCUT2D eigenvalue weighted by atomic mass is 9.78. The molecule has 3 aliphatic heterocycles. The van der Waals surface area contributed by atoms with E-state index in [1.807, 2.05) is 21.3 Å². The topological polar surface area (TPSA) is 73.5 Å². The highest BCUT2D eigenvalue weighted by Gasteiger charge is 2.48. The number of nitrogens with zero attached hydrogens (tertiary/aromatic N) is 3. The molecule has 3 fully saturated rings. The van der Waals surface area contributed by atoms with Gasteiger partial charge in [0, 0.05) is 57.4 Å². The summed E-state index contributed by atoms with van der Waals surface area (Å²) < 4.78 is 0. The Balaban J connectivity index is 1.62.